The lowest BCUT2D eigenvalue weighted by atomic mass is 10.0. The molecule has 0 aromatic heterocycles. The zero-order chi connectivity index (χ0) is 15.5. The molecule has 1 heterocycles. The van der Waals surface area contributed by atoms with Gasteiger partial charge in [0.25, 0.3) is 5.91 Å². The minimum atomic E-state index is -3.18. The summed E-state index contributed by atoms with van der Waals surface area (Å²) in [5.74, 6) is 0.0418. The van der Waals surface area contributed by atoms with Crippen LogP contribution in [0.1, 0.15) is 30.1 Å². The lowest BCUT2D eigenvalue weighted by Crippen LogP contribution is -2.46. The monoisotopic (exact) mass is 330 g/mol. The van der Waals surface area contributed by atoms with Crippen molar-refractivity contribution in [3.05, 3.63) is 34.9 Å². The number of amides is 1. The van der Waals surface area contributed by atoms with Crippen LogP contribution in [0.4, 0.5) is 0 Å². The summed E-state index contributed by atoms with van der Waals surface area (Å²) < 4.78 is 25.7. The van der Waals surface area contributed by atoms with Crippen molar-refractivity contribution in [2.75, 3.05) is 18.8 Å². The van der Waals surface area contributed by atoms with Crippen LogP contribution >= 0.6 is 11.6 Å². The lowest BCUT2D eigenvalue weighted by molar-refractivity contribution is 0.0711. The van der Waals surface area contributed by atoms with Gasteiger partial charge >= 0.3 is 0 Å². The van der Waals surface area contributed by atoms with Gasteiger partial charge < -0.3 is 4.90 Å². The average molecular weight is 331 g/mol. The van der Waals surface area contributed by atoms with Crippen LogP contribution in [0.2, 0.25) is 5.02 Å². The van der Waals surface area contributed by atoms with Crippen molar-refractivity contribution < 1.29 is 13.2 Å². The number of nitrogens with one attached hydrogen (secondary N) is 1. The second-order valence-electron chi connectivity index (χ2n) is 5.09. The number of halogens is 1. The van der Waals surface area contributed by atoms with Gasteiger partial charge in [0.1, 0.15) is 0 Å². The standard InChI is InChI=1S/C14H19ClN2O3S/c1-2-21(19,20)16-13-7-9-17(10-8-13)14(18)11-3-5-12(15)6-4-11/h3-6,13,16H,2,7-10H2,1H3. The van der Waals surface area contributed by atoms with Crippen molar-refractivity contribution in [1.82, 2.24) is 9.62 Å². The number of hydrogen-bond donors (Lipinski definition) is 1. The maximum absolute atomic E-state index is 12.3. The van der Waals surface area contributed by atoms with Crippen LogP contribution < -0.4 is 4.72 Å². The smallest absolute Gasteiger partial charge is 0.253 e. The number of carbonyl (C=O) groups is 1. The number of sulfonamides is 1. The highest BCUT2D eigenvalue weighted by molar-refractivity contribution is 7.89. The summed E-state index contributed by atoms with van der Waals surface area (Å²) in [5, 5.41) is 0.597. The molecule has 0 aliphatic carbocycles. The summed E-state index contributed by atoms with van der Waals surface area (Å²) in [4.78, 5) is 14.1. The fourth-order valence-electron chi connectivity index (χ4n) is 2.31. The van der Waals surface area contributed by atoms with E-state index in [0.29, 0.717) is 36.5 Å². The number of nitrogens with zero attached hydrogens (tertiary/aromatic N) is 1. The van der Waals surface area contributed by atoms with Crippen molar-refractivity contribution in [3.8, 4) is 0 Å². The highest BCUT2D eigenvalue weighted by atomic mass is 35.5. The normalized spacial score (nSPS) is 17.0. The van der Waals surface area contributed by atoms with Crippen molar-refractivity contribution >= 4 is 27.5 Å². The Balaban J connectivity index is 1.92. The first-order chi connectivity index (χ1) is 9.91. The second-order valence-corrected chi connectivity index (χ2v) is 7.57. The molecule has 1 aliphatic rings. The van der Waals surface area contributed by atoms with E-state index in [1.54, 1.807) is 36.1 Å². The molecule has 0 radical (unpaired) electrons. The molecule has 116 valence electrons. The quantitative estimate of drug-likeness (QED) is 0.916. The summed E-state index contributed by atoms with van der Waals surface area (Å²) in [7, 11) is -3.18. The van der Waals surface area contributed by atoms with E-state index in [9.17, 15) is 13.2 Å². The Morgan fingerprint density at radius 2 is 1.86 bits per heavy atom. The number of likely N-dealkylation sites (tertiary alicyclic amines) is 1. The van der Waals surface area contributed by atoms with Gasteiger partial charge in [0.2, 0.25) is 10.0 Å². The second kappa shape index (κ2) is 6.77. The van der Waals surface area contributed by atoms with Gasteiger partial charge in [-0.1, -0.05) is 11.6 Å². The van der Waals surface area contributed by atoms with E-state index in [0.717, 1.165) is 0 Å². The van der Waals surface area contributed by atoms with Crippen molar-refractivity contribution in [2.24, 2.45) is 0 Å². The van der Waals surface area contributed by atoms with Crippen LogP contribution in [0.3, 0.4) is 0 Å². The van der Waals surface area contributed by atoms with Crippen LogP contribution in [0.15, 0.2) is 24.3 Å². The molecule has 0 unspecified atom stereocenters. The summed E-state index contributed by atoms with van der Waals surface area (Å²) >= 11 is 5.81. The number of rotatable bonds is 4. The fourth-order valence-corrected chi connectivity index (χ4v) is 3.35. The molecule has 1 saturated heterocycles. The average Bonchev–Trinajstić information content (AvgIpc) is 2.48. The number of benzene rings is 1. The minimum Gasteiger partial charge on any atom is -0.339 e. The van der Waals surface area contributed by atoms with Crippen molar-refractivity contribution in [2.45, 2.75) is 25.8 Å². The molecule has 1 N–H and O–H groups in total. The molecule has 0 spiro atoms. The summed E-state index contributed by atoms with van der Waals surface area (Å²) in [5.41, 5.74) is 0.604. The van der Waals surface area contributed by atoms with Crippen LogP contribution in [0, 0.1) is 0 Å². The largest absolute Gasteiger partial charge is 0.339 e. The van der Waals surface area contributed by atoms with Gasteiger partial charge in [-0.2, -0.15) is 0 Å². The first-order valence-corrected chi connectivity index (χ1v) is 8.99. The van der Waals surface area contributed by atoms with E-state index >= 15 is 0 Å². The van der Waals surface area contributed by atoms with E-state index in [-0.39, 0.29) is 17.7 Å². The van der Waals surface area contributed by atoms with Gasteiger partial charge in [0.05, 0.1) is 5.75 Å². The third kappa shape index (κ3) is 4.43. The molecule has 21 heavy (non-hydrogen) atoms. The molecule has 1 aromatic carbocycles. The Morgan fingerprint density at radius 3 is 2.38 bits per heavy atom. The van der Waals surface area contributed by atoms with E-state index < -0.39 is 10.0 Å². The van der Waals surface area contributed by atoms with Gasteiger partial charge in [0.15, 0.2) is 0 Å². The van der Waals surface area contributed by atoms with E-state index in [1.165, 1.54) is 0 Å². The molecular weight excluding hydrogens is 312 g/mol. The SMILES string of the molecule is CCS(=O)(=O)NC1CCN(C(=O)c2ccc(Cl)cc2)CC1. The van der Waals surface area contributed by atoms with Crippen LogP contribution in [-0.2, 0) is 10.0 Å². The zero-order valence-corrected chi connectivity index (χ0v) is 13.5. The highest BCUT2D eigenvalue weighted by Gasteiger charge is 2.25. The van der Waals surface area contributed by atoms with Gasteiger partial charge in [-0.15, -0.1) is 0 Å². The molecule has 1 amide bonds. The molecule has 0 bridgehead atoms. The summed E-state index contributed by atoms with van der Waals surface area (Å²) in [6.07, 6.45) is 1.27. The van der Waals surface area contributed by atoms with Crippen molar-refractivity contribution in [3.63, 3.8) is 0 Å². The molecule has 1 fully saturated rings. The number of carbonyl (C=O) groups excluding carboxylic acids is 1. The maximum Gasteiger partial charge on any atom is 0.253 e. The van der Waals surface area contributed by atoms with Gasteiger partial charge in [0, 0.05) is 29.7 Å². The van der Waals surface area contributed by atoms with E-state index in [1.807, 2.05) is 0 Å². The van der Waals surface area contributed by atoms with Crippen molar-refractivity contribution in [1.29, 1.82) is 0 Å². The Bertz CT molecular complexity index is 593. The molecule has 7 heteroatoms. The van der Waals surface area contributed by atoms with Gasteiger partial charge in [-0.05, 0) is 44.0 Å². The first kappa shape index (κ1) is 16.3. The molecule has 1 aliphatic heterocycles. The summed E-state index contributed by atoms with van der Waals surface area (Å²) in [6.45, 7) is 2.72. The summed E-state index contributed by atoms with van der Waals surface area (Å²) in [6, 6.07) is 6.71. The third-order valence-electron chi connectivity index (χ3n) is 3.60. The first-order valence-electron chi connectivity index (χ1n) is 6.96. The van der Waals surface area contributed by atoms with Gasteiger partial charge in [-0.25, -0.2) is 13.1 Å². The van der Waals surface area contributed by atoms with E-state index in [4.69, 9.17) is 11.6 Å². The van der Waals surface area contributed by atoms with Gasteiger partial charge in [-0.3, -0.25) is 4.79 Å². The predicted octanol–water partition coefficient (Wildman–Crippen LogP) is 1.88. The number of hydrogen-bond acceptors (Lipinski definition) is 3. The zero-order valence-electron chi connectivity index (χ0n) is 11.9. The molecule has 5 nitrogen and oxygen atoms in total. The lowest BCUT2D eigenvalue weighted by Gasteiger charge is -2.32. The van der Waals surface area contributed by atoms with Crippen LogP contribution in [0.25, 0.3) is 0 Å². The number of piperidine rings is 1. The topological polar surface area (TPSA) is 66.5 Å². The fraction of sp³-hybridized carbons (Fsp3) is 0.500. The van der Waals surface area contributed by atoms with E-state index in [2.05, 4.69) is 4.72 Å². The third-order valence-corrected chi connectivity index (χ3v) is 5.30. The predicted molar refractivity (Wildman–Crippen MR) is 83.0 cm³/mol. The minimum absolute atomic E-state index is 0.0385. The van der Waals surface area contributed by atoms with Crippen LogP contribution in [0.5, 0.6) is 0 Å². The molecule has 0 saturated carbocycles. The maximum atomic E-state index is 12.3. The Labute approximate surface area is 130 Å². The Kier molecular flexibility index (Phi) is 5.24. The molecule has 0 atom stereocenters. The Hall–Kier alpha value is -1.11. The van der Waals surface area contributed by atoms with Crippen LogP contribution in [-0.4, -0.2) is 44.1 Å². The molecule has 1 aromatic rings. The Morgan fingerprint density at radius 1 is 1.29 bits per heavy atom. The molecule has 2 rings (SSSR count). The highest BCUT2D eigenvalue weighted by Crippen LogP contribution is 2.16. The molecular formula is C14H19ClN2O3S.